The van der Waals surface area contributed by atoms with Gasteiger partial charge in [0.25, 0.3) is 5.91 Å². The van der Waals surface area contributed by atoms with E-state index in [1.807, 2.05) is 48.2 Å². The maximum Gasteiger partial charge on any atom is 0.274 e. The van der Waals surface area contributed by atoms with E-state index in [4.69, 9.17) is 4.98 Å². The molecule has 4 rings (SSSR count). The van der Waals surface area contributed by atoms with Gasteiger partial charge in [0.15, 0.2) is 0 Å². The number of nitrogens with zero attached hydrogens (tertiary/aromatic N) is 3. The van der Waals surface area contributed by atoms with Crippen molar-refractivity contribution in [2.45, 2.75) is 45.7 Å². The molecule has 0 unspecified atom stereocenters. The maximum atomic E-state index is 13.8. The van der Waals surface area contributed by atoms with Gasteiger partial charge in [0, 0.05) is 25.2 Å². The lowest BCUT2D eigenvalue weighted by atomic mass is 10.1. The normalized spacial score (nSPS) is 13.6. The summed E-state index contributed by atoms with van der Waals surface area (Å²) in [7, 11) is 0. The average molecular weight is 391 g/mol. The van der Waals surface area contributed by atoms with E-state index in [0.29, 0.717) is 24.6 Å². The van der Waals surface area contributed by atoms with Crippen molar-refractivity contribution in [1.82, 2.24) is 14.5 Å². The third-order valence-corrected chi connectivity index (χ3v) is 5.54. The zero-order valence-electron chi connectivity index (χ0n) is 16.8. The number of rotatable bonds is 5. The van der Waals surface area contributed by atoms with Gasteiger partial charge in [-0.05, 0) is 43.9 Å². The minimum absolute atomic E-state index is 0.0512. The fourth-order valence-corrected chi connectivity index (χ4v) is 4.02. The van der Waals surface area contributed by atoms with Crippen LogP contribution in [0, 0.1) is 5.82 Å². The van der Waals surface area contributed by atoms with E-state index in [2.05, 4.69) is 4.57 Å². The Labute approximate surface area is 171 Å². The topological polar surface area (TPSA) is 38.1 Å². The molecule has 0 radical (unpaired) electrons. The number of hydrogen-bond donors (Lipinski definition) is 0. The highest BCUT2D eigenvalue weighted by Crippen LogP contribution is 2.28. The van der Waals surface area contributed by atoms with Gasteiger partial charge in [-0.3, -0.25) is 4.79 Å². The van der Waals surface area contributed by atoms with E-state index in [1.165, 1.54) is 12.1 Å². The van der Waals surface area contributed by atoms with Crippen molar-refractivity contribution < 1.29 is 9.18 Å². The number of hydrogen-bond acceptors (Lipinski definition) is 2. The largest absolute Gasteiger partial charge is 0.333 e. The van der Waals surface area contributed by atoms with Gasteiger partial charge >= 0.3 is 0 Å². The van der Waals surface area contributed by atoms with Crippen molar-refractivity contribution in [3.05, 3.63) is 77.4 Å². The molecule has 0 atom stereocenters. The Morgan fingerprint density at radius 2 is 1.93 bits per heavy atom. The van der Waals surface area contributed by atoms with Crippen LogP contribution in [0.3, 0.4) is 0 Å². The van der Waals surface area contributed by atoms with Crippen LogP contribution in [0.1, 0.15) is 47.9 Å². The molecule has 2 heterocycles. The van der Waals surface area contributed by atoms with Crippen molar-refractivity contribution in [2.75, 3.05) is 6.54 Å². The molecule has 5 heteroatoms. The van der Waals surface area contributed by atoms with Crippen molar-refractivity contribution >= 4 is 5.91 Å². The molecule has 0 fully saturated rings. The third-order valence-electron chi connectivity index (χ3n) is 5.54. The first-order valence-electron chi connectivity index (χ1n) is 10.4. The second kappa shape index (κ2) is 8.60. The van der Waals surface area contributed by atoms with E-state index in [0.717, 1.165) is 49.0 Å². The highest BCUT2D eigenvalue weighted by molar-refractivity contribution is 5.94. The summed E-state index contributed by atoms with van der Waals surface area (Å²) in [6, 6.07) is 16.5. The molecular formula is C24H26FN3O. The summed E-state index contributed by atoms with van der Waals surface area (Å²) in [5, 5.41) is 0. The minimum Gasteiger partial charge on any atom is -0.333 e. The van der Waals surface area contributed by atoms with E-state index in [1.54, 1.807) is 6.07 Å². The lowest BCUT2D eigenvalue weighted by Gasteiger charge is -2.20. The Morgan fingerprint density at radius 1 is 1.10 bits per heavy atom. The number of aromatic nitrogens is 2. The molecule has 0 N–H and O–H groups in total. The van der Waals surface area contributed by atoms with E-state index in [-0.39, 0.29) is 11.7 Å². The van der Waals surface area contributed by atoms with Crippen molar-refractivity contribution in [3.8, 4) is 11.4 Å². The minimum atomic E-state index is -0.291. The lowest BCUT2D eigenvalue weighted by molar-refractivity contribution is 0.0746. The molecule has 0 saturated heterocycles. The second-order valence-corrected chi connectivity index (χ2v) is 7.51. The number of carbonyl (C=O) groups excluding carboxylic acids is 1. The number of halogens is 1. The molecule has 0 bridgehead atoms. The Kier molecular flexibility index (Phi) is 5.74. The van der Waals surface area contributed by atoms with Crippen molar-refractivity contribution in [1.29, 1.82) is 0 Å². The van der Waals surface area contributed by atoms with Crippen LogP contribution in [0.2, 0.25) is 0 Å². The third kappa shape index (κ3) is 4.09. The Morgan fingerprint density at radius 3 is 2.69 bits per heavy atom. The second-order valence-electron chi connectivity index (χ2n) is 7.51. The Hall–Kier alpha value is -2.95. The average Bonchev–Trinajstić information content (AvgIpc) is 2.93. The van der Waals surface area contributed by atoms with Gasteiger partial charge in [0.05, 0.1) is 5.69 Å². The summed E-state index contributed by atoms with van der Waals surface area (Å²) in [4.78, 5) is 20.0. The predicted molar refractivity (Wildman–Crippen MR) is 112 cm³/mol. The number of benzene rings is 2. The highest BCUT2D eigenvalue weighted by Gasteiger charge is 2.27. The molecule has 1 amide bonds. The van der Waals surface area contributed by atoms with Gasteiger partial charge in [-0.25, -0.2) is 9.37 Å². The van der Waals surface area contributed by atoms with Crippen LogP contribution < -0.4 is 0 Å². The number of carbonyl (C=O) groups is 1. The van der Waals surface area contributed by atoms with Crippen LogP contribution >= 0.6 is 0 Å². The van der Waals surface area contributed by atoms with E-state index in [9.17, 15) is 9.18 Å². The Balaban J connectivity index is 1.73. The van der Waals surface area contributed by atoms with E-state index < -0.39 is 0 Å². The van der Waals surface area contributed by atoms with Crippen LogP contribution in [0.4, 0.5) is 4.39 Å². The molecular weight excluding hydrogens is 365 g/mol. The number of fused-ring (bicyclic) bond motifs is 1. The monoisotopic (exact) mass is 391 g/mol. The molecule has 0 aliphatic carbocycles. The van der Waals surface area contributed by atoms with Crippen LogP contribution in [-0.4, -0.2) is 26.9 Å². The summed E-state index contributed by atoms with van der Waals surface area (Å²) in [5.41, 5.74) is 3.32. The quantitative estimate of drug-likeness (QED) is 0.608. The molecule has 1 aliphatic heterocycles. The SMILES string of the molecule is CCN(Cc1ccccc1)C(=O)c1nc(-c2cccc(F)c2)n2c1CCCCC2. The molecule has 29 heavy (non-hydrogen) atoms. The zero-order chi connectivity index (χ0) is 20.2. The molecule has 3 aromatic rings. The highest BCUT2D eigenvalue weighted by atomic mass is 19.1. The van der Waals surface area contributed by atoms with Gasteiger partial charge in [0.2, 0.25) is 0 Å². The molecule has 4 nitrogen and oxygen atoms in total. The summed E-state index contributed by atoms with van der Waals surface area (Å²) >= 11 is 0. The summed E-state index contributed by atoms with van der Waals surface area (Å²) in [5.74, 6) is 0.353. The van der Waals surface area contributed by atoms with Crippen LogP contribution in [0.25, 0.3) is 11.4 Å². The maximum absolute atomic E-state index is 13.8. The molecule has 1 aromatic heterocycles. The fourth-order valence-electron chi connectivity index (χ4n) is 4.02. The smallest absolute Gasteiger partial charge is 0.274 e. The van der Waals surface area contributed by atoms with Gasteiger partial charge in [0.1, 0.15) is 17.3 Å². The summed E-state index contributed by atoms with van der Waals surface area (Å²) < 4.78 is 16.0. The van der Waals surface area contributed by atoms with Crippen molar-refractivity contribution in [3.63, 3.8) is 0 Å². The first-order chi connectivity index (χ1) is 14.2. The van der Waals surface area contributed by atoms with Gasteiger partial charge in [-0.1, -0.05) is 48.9 Å². The lowest BCUT2D eigenvalue weighted by Crippen LogP contribution is -2.31. The standard InChI is InChI=1S/C24H26FN3O/c1-2-27(17-18-10-5-3-6-11-18)24(29)22-21-14-7-4-8-15-28(21)23(26-22)19-12-9-13-20(25)16-19/h3,5-6,9-13,16H,2,4,7-8,14-15,17H2,1H3. The van der Waals surface area contributed by atoms with E-state index >= 15 is 0 Å². The zero-order valence-corrected chi connectivity index (χ0v) is 16.8. The fraction of sp³-hybridized carbons (Fsp3) is 0.333. The Bertz CT molecular complexity index is 997. The summed E-state index contributed by atoms with van der Waals surface area (Å²) in [6.45, 7) is 3.96. The molecule has 0 saturated carbocycles. The molecule has 150 valence electrons. The van der Waals surface area contributed by atoms with Crippen LogP contribution in [0.5, 0.6) is 0 Å². The molecule has 0 spiro atoms. The first kappa shape index (κ1) is 19.4. The predicted octanol–water partition coefficient (Wildman–Crippen LogP) is 5.08. The van der Waals surface area contributed by atoms with Gasteiger partial charge in [-0.15, -0.1) is 0 Å². The number of amides is 1. The molecule has 2 aromatic carbocycles. The summed E-state index contributed by atoms with van der Waals surface area (Å²) in [6.07, 6.45) is 4.03. The first-order valence-corrected chi connectivity index (χ1v) is 10.4. The van der Waals surface area contributed by atoms with Crippen LogP contribution in [0.15, 0.2) is 54.6 Å². The van der Waals surface area contributed by atoms with Gasteiger partial charge < -0.3 is 9.47 Å². The number of imidazole rings is 1. The van der Waals surface area contributed by atoms with Crippen LogP contribution in [-0.2, 0) is 19.5 Å². The van der Waals surface area contributed by atoms with Gasteiger partial charge in [-0.2, -0.15) is 0 Å². The molecule has 1 aliphatic rings. The van der Waals surface area contributed by atoms with Crippen molar-refractivity contribution in [2.24, 2.45) is 0 Å².